The van der Waals surface area contributed by atoms with Crippen molar-refractivity contribution in [2.75, 3.05) is 13.1 Å². The van der Waals surface area contributed by atoms with Gasteiger partial charge in [0.1, 0.15) is 0 Å². The van der Waals surface area contributed by atoms with Crippen LogP contribution in [0.4, 0.5) is 0 Å². The van der Waals surface area contributed by atoms with E-state index in [0.29, 0.717) is 11.8 Å². The number of rotatable bonds is 2. The third-order valence-electron chi connectivity index (χ3n) is 2.78. The Labute approximate surface area is 89.8 Å². The Bertz CT molecular complexity index is 287. The van der Waals surface area contributed by atoms with Gasteiger partial charge < -0.3 is 5.32 Å². The summed E-state index contributed by atoms with van der Waals surface area (Å²) in [7, 11) is 0. The van der Waals surface area contributed by atoms with Crippen molar-refractivity contribution in [3.63, 3.8) is 0 Å². The van der Waals surface area contributed by atoms with Crippen LogP contribution in [0.3, 0.4) is 0 Å². The Balaban J connectivity index is 2.07. The van der Waals surface area contributed by atoms with Crippen molar-refractivity contribution in [2.24, 2.45) is 0 Å². The van der Waals surface area contributed by atoms with Gasteiger partial charge in [0.05, 0.1) is 10.7 Å². The van der Waals surface area contributed by atoms with Gasteiger partial charge in [-0.15, -0.1) is 11.3 Å². The summed E-state index contributed by atoms with van der Waals surface area (Å²) in [6.45, 7) is 6.71. The van der Waals surface area contributed by atoms with Crippen molar-refractivity contribution in [1.82, 2.24) is 10.3 Å². The molecule has 2 rings (SSSR count). The zero-order valence-electron chi connectivity index (χ0n) is 8.92. The predicted octanol–water partition coefficient (Wildman–Crippen LogP) is 2.73. The number of nitrogens with one attached hydrogen (secondary N) is 1. The first-order chi connectivity index (χ1) is 6.77. The molecule has 0 radical (unpaired) electrons. The third kappa shape index (κ3) is 2.15. The summed E-state index contributed by atoms with van der Waals surface area (Å²) in [4.78, 5) is 4.71. The highest BCUT2D eigenvalue weighted by atomic mass is 32.1. The van der Waals surface area contributed by atoms with Gasteiger partial charge in [-0.2, -0.15) is 0 Å². The Hall–Kier alpha value is -0.410. The molecule has 0 saturated carbocycles. The van der Waals surface area contributed by atoms with Crippen LogP contribution in [-0.4, -0.2) is 18.1 Å². The van der Waals surface area contributed by atoms with E-state index in [1.807, 2.05) is 11.3 Å². The normalized spacial score (nSPS) is 22.9. The van der Waals surface area contributed by atoms with Crippen molar-refractivity contribution in [3.05, 3.63) is 16.1 Å². The van der Waals surface area contributed by atoms with Crippen molar-refractivity contribution in [2.45, 2.75) is 38.5 Å². The maximum absolute atomic E-state index is 4.71. The molecule has 0 aromatic carbocycles. The Morgan fingerprint density at radius 1 is 1.57 bits per heavy atom. The lowest BCUT2D eigenvalue weighted by Crippen LogP contribution is -2.28. The minimum Gasteiger partial charge on any atom is -0.316 e. The van der Waals surface area contributed by atoms with Crippen LogP contribution in [0.25, 0.3) is 0 Å². The lowest BCUT2D eigenvalue weighted by molar-refractivity contribution is 0.459. The second kappa shape index (κ2) is 4.41. The summed E-state index contributed by atoms with van der Waals surface area (Å²) >= 11 is 1.83. The molecule has 2 heterocycles. The topological polar surface area (TPSA) is 24.9 Å². The third-order valence-corrected chi connectivity index (χ3v) is 3.80. The molecule has 3 heteroatoms. The lowest BCUT2D eigenvalue weighted by Gasteiger charge is -2.20. The molecule has 0 amide bonds. The second-order valence-electron chi connectivity index (χ2n) is 4.31. The van der Waals surface area contributed by atoms with Crippen LogP contribution >= 0.6 is 11.3 Å². The average molecular weight is 210 g/mol. The van der Waals surface area contributed by atoms with Crippen molar-refractivity contribution in [1.29, 1.82) is 0 Å². The van der Waals surface area contributed by atoms with E-state index in [-0.39, 0.29) is 0 Å². The van der Waals surface area contributed by atoms with Gasteiger partial charge in [-0.25, -0.2) is 4.98 Å². The summed E-state index contributed by atoms with van der Waals surface area (Å²) < 4.78 is 0. The van der Waals surface area contributed by atoms with Crippen LogP contribution in [0.5, 0.6) is 0 Å². The molecule has 1 saturated heterocycles. The van der Waals surface area contributed by atoms with E-state index >= 15 is 0 Å². The summed E-state index contributed by atoms with van der Waals surface area (Å²) in [6, 6.07) is 0. The quantitative estimate of drug-likeness (QED) is 0.812. The Kier molecular flexibility index (Phi) is 3.19. The first-order valence-corrected chi connectivity index (χ1v) is 6.31. The molecule has 0 unspecified atom stereocenters. The van der Waals surface area contributed by atoms with Crippen LogP contribution in [0.15, 0.2) is 5.38 Å². The minimum atomic E-state index is 0.566. The molecule has 1 fully saturated rings. The van der Waals surface area contributed by atoms with Crippen LogP contribution in [0.1, 0.15) is 49.2 Å². The fraction of sp³-hybridized carbons (Fsp3) is 0.727. The smallest absolute Gasteiger partial charge is 0.0972 e. The molecule has 1 aliphatic heterocycles. The number of thiazole rings is 1. The van der Waals surface area contributed by atoms with Gasteiger partial charge in [-0.3, -0.25) is 0 Å². The van der Waals surface area contributed by atoms with Gasteiger partial charge in [0.15, 0.2) is 0 Å². The van der Waals surface area contributed by atoms with Gasteiger partial charge in [0.25, 0.3) is 0 Å². The molecule has 0 aliphatic carbocycles. The Morgan fingerprint density at radius 2 is 2.43 bits per heavy atom. The van der Waals surface area contributed by atoms with E-state index in [2.05, 4.69) is 24.5 Å². The van der Waals surface area contributed by atoms with Crippen LogP contribution in [-0.2, 0) is 0 Å². The van der Waals surface area contributed by atoms with Gasteiger partial charge in [0.2, 0.25) is 0 Å². The predicted molar refractivity (Wildman–Crippen MR) is 61.0 cm³/mol. The maximum Gasteiger partial charge on any atom is 0.0972 e. The molecule has 1 N–H and O–H groups in total. The first kappa shape index (κ1) is 10.1. The second-order valence-corrected chi connectivity index (χ2v) is 5.20. The highest BCUT2D eigenvalue weighted by molar-refractivity contribution is 7.09. The summed E-state index contributed by atoms with van der Waals surface area (Å²) in [6.07, 6.45) is 2.60. The molecule has 1 aliphatic rings. The van der Waals surface area contributed by atoms with E-state index in [4.69, 9.17) is 4.98 Å². The van der Waals surface area contributed by atoms with Crippen LogP contribution in [0, 0.1) is 0 Å². The van der Waals surface area contributed by atoms with Crippen molar-refractivity contribution >= 4 is 11.3 Å². The van der Waals surface area contributed by atoms with Crippen LogP contribution < -0.4 is 5.32 Å². The van der Waals surface area contributed by atoms with Gasteiger partial charge in [-0.1, -0.05) is 13.8 Å². The number of nitrogens with zero attached hydrogens (tertiary/aromatic N) is 1. The minimum absolute atomic E-state index is 0.566. The van der Waals surface area contributed by atoms with Crippen molar-refractivity contribution in [3.8, 4) is 0 Å². The molecule has 1 aromatic heterocycles. The molecular weight excluding hydrogens is 192 g/mol. The standard InChI is InChI=1S/C11H18N2S/c1-8(2)10-7-14-11(13-10)9-4-3-5-12-6-9/h7-9,12H,3-6H2,1-2H3/t9-/m1/s1. The van der Waals surface area contributed by atoms with E-state index < -0.39 is 0 Å². The average Bonchev–Trinajstić information content (AvgIpc) is 2.68. The molecule has 78 valence electrons. The zero-order valence-corrected chi connectivity index (χ0v) is 9.73. The molecule has 1 atom stereocenters. The SMILES string of the molecule is CC(C)c1csc([C@@H]2CCCNC2)n1. The molecule has 0 spiro atoms. The largest absolute Gasteiger partial charge is 0.316 e. The highest BCUT2D eigenvalue weighted by Crippen LogP contribution is 2.28. The molecule has 1 aromatic rings. The molecule has 14 heavy (non-hydrogen) atoms. The van der Waals surface area contributed by atoms with E-state index in [0.717, 1.165) is 6.54 Å². The lowest BCUT2D eigenvalue weighted by atomic mass is 10.0. The molecule has 2 nitrogen and oxygen atoms in total. The monoisotopic (exact) mass is 210 g/mol. The number of piperidine rings is 1. The van der Waals surface area contributed by atoms with E-state index in [9.17, 15) is 0 Å². The van der Waals surface area contributed by atoms with Gasteiger partial charge in [-0.05, 0) is 25.3 Å². The van der Waals surface area contributed by atoms with E-state index in [1.165, 1.54) is 30.1 Å². The Morgan fingerprint density at radius 3 is 3.00 bits per heavy atom. The molecule has 0 bridgehead atoms. The van der Waals surface area contributed by atoms with Gasteiger partial charge >= 0.3 is 0 Å². The highest BCUT2D eigenvalue weighted by Gasteiger charge is 2.18. The fourth-order valence-electron chi connectivity index (χ4n) is 1.82. The zero-order chi connectivity index (χ0) is 9.97. The maximum atomic E-state index is 4.71. The summed E-state index contributed by atoms with van der Waals surface area (Å²) in [5.74, 6) is 1.23. The fourth-order valence-corrected chi connectivity index (χ4v) is 2.93. The first-order valence-electron chi connectivity index (χ1n) is 5.43. The van der Waals surface area contributed by atoms with E-state index in [1.54, 1.807) is 0 Å². The molecular formula is C11H18N2S. The number of hydrogen-bond donors (Lipinski definition) is 1. The number of aromatic nitrogens is 1. The summed E-state index contributed by atoms with van der Waals surface area (Å²) in [5.41, 5.74) is 1.26. The summed E-state index contributed by atoms with van der Waals surface area (Å²) in [5, 5.41) is 6.99. The van der Waals surface area contributed by atoms with Gasteiger partial charge in [0, 0.05) is 17.8 Å². The number of hydrogen-bond acceptors (Lipinski definition) is 3. The van der Waals surface area contributed by atoms with Crippen LogP contribution in [0.2, 0.25) is 0 Å². The van der Waals surface area contributed by atoms with Crippen molar-refractivity contribution < 1.29 is 0 Å².